The van der Waals surface area contributed by atoms with E-state index in [-0.39, 0.29) is 6.61 Å². The number of rotatable bonds is 8. The molecule has 0 aliphatic heterocycles. The number of aryl methyl sites for hydroxylation is 1. The van der Waals surface area contributed by atoms with Crippen molar-refractivity contribution >= 4 is 5.82 Å². The van der Waals surface area contributed by atoms with Crippen LogP contribution in [0.25, 0.3) is 0 Å². The van der Waals surface area contributed by atoms with Gasteiger partial charge in [-0.15, -0.1) is 0 Å². The lowest BCUT2D eigenvalue weighted by atomic mass is 10.1. The number of hydrogen-bond acceptors (Lipinski definition) is 5. The Kier molecular flexibility index (Phi) is 6.43. The molecule has 0 bridgehead atoms. The van der Waals surface area contributed by atoms with Gasteiger partial charge in [0.1, 0.15) is 11.6 Å². The summed E-state index contributed by atoms with van der Waals surface area (Å²) in [7, 11) is 0. The van der Waals surface area contributed by atoms with E-state index in [9.17, 15) is 0 Å². The van der Waals surface area contributed by atoms with E-state index in [1.807, 2.05) is 26.8 Å². The van der Waals surface area contributed by atoms with Crippen molar-refractivity contribution in [2.75, 3.05) is 25.1 Å². The van der Waals surface area contributed by atoms with Gasteiger partial charge in [0.2, 0.25) is 5.88 Å². The first kappa shape index (κ1) is 14.7. The van der Waals surface area contributed by atoms with Crippen molar-refractivity contribution in [3.63, 3.8) is 0 Å². The van der Waals surface area contributed by atoms with Crippen LogP contribution in [-0.2, 0) is 0 Å². The normalized spacial score (nSPS) is 12.2. The van der Waals surface area contributed by atoms with E-state index in [4.69, 9.17) is 9.84 Å². The molecule has 1 aromatic heterocycles. The van der Waals surface area contributed by atoms with E-state index in [0.29, 0.717) is 24.2 Å². The molecular weight excluding hydrogens is 230 g/mol. The quantitative estimate of drug-likeness (QED) is 0.694. The van der Waals surface area contributed by atoms with Gasteiger partial charge in [0.05, 0.1) is 6.61 Å². The zero-order valence-corrected chi connectivity index (χ0v) is 11.4. The Balaban J connectivity index is 2.41. The zero-order chi connectivity index (χ0) is 13.4. The number of nitrogens with zero attached hydrogens (tertiary/aromatic N) is 2. The smallest absolute Gasteiger partial charge is 0.218 e. The average molecular weight is 253 g/mol. The van der Waals surface area contributed by atoms with Gasteiger partial charge in [-0.2, -0.15) is 4.98 Å². The second-order valence-corrected chi connectivity index (χ2v) is 4.43. The lowest BCUT2D eigenvalue weighted by molar-refractivity contribution is 0.229. The molecule has 1 atom stereocenters. The van der Waals surface area contributed by atoms with Gasteiger partial charge < -0.3 is 15.2 Å². The molecule has 0 aliphatic carbocycles. The summed E-state index contributed by atoms with van der Waals surface area (Å²) < 4.78 is 5.37. The molecule has 1 rings (SSSR count). The van der Waals surface area contributed by atoms with Crippen molar-refractivity contribution < 1.29 is 9.84 Å². The van der Waals surface area contributed by atoms with Gasteiger partial charge in [0, 0.05) is 19.2 Å². The Morgan fingerprint density at radius 2 is 2.22 bits per heavy atom. The Hall–Kier alpha value is -1.36. The molecule has 0 saturated heterocycles. The van der Waals surface area contributed by atoms with Crippen molar-refractivity contribution in [3.05, 3.63) is 11.9 Å². The van der Waals surface area contributed by atoms with Crippen molar-refractivity contribution in [2.45, 2.75) is 33.6 Å². The van der Waals surface area contributed by atoms with Crippen LogP contribution in [0.1, 0.15) is 32.5 Å². The summed E-state index contributed by atoms with van der Waals surface area (Å²) in [5.74, 6) is 2.46. The van der Waals surface area contributed by atoms with Crippen LogP contribution in [0.4, 0.5) is 5.82 Å². The largest absolute Gasteiger partial charge is 0.478 e. The molecule has 1 heterocycles. The number of aliphatic hydroxyl groups is 1. The molecule has 1 aromatic rings. The molecule has 5 nitrogen and oxygen atoms in total. The van der Waals surface area contributed by atoms with E-state index < -0.39 is 0 Å². The third-order valence-electron chi connectivity index (χ3n) is 2.60. The van der Waals surface area contributed by atoms with Crippen LogP contribution in [0.5, 0.6) is 5.88 Å². The molecule has 18 heavy (non-hydrogen) atoms. The van der Waals surface area contributed by atoms with Gasteiger partial charge in [-0.1, -0.05) is 6.92 Å². The van der Waals surface area contributed by atoms with Crippen molar-refractivity contribution in [3.8, 4) is 5.88 Å². The zero-order valence-electron chi connectivity index (χ0n) is 11.4. The standard InChI is InChI=1S/C13H23N3O2/c1-4-18-13-8-12(15-11(3)16-13)14-7-5-6-10(2)9-17/h8,10,17H,4-7,9H2,1-3H3,(H,14,15,16). The number of aromatic nitrogens is 2. The van der Waals surface area contributed by atoms with Gasteiger partial charge in [-0.3, -0.25) is 0 Å². The van der Waals surface area contributed by atoms with E-state index >= 15 is 0 Å². The maximum atomic E-state index is 8.93. The van der Waals surface area contributed by atoms with Gasteiger partial charge >= 0.3 is 0 Å². The second kappa shape index (κ2) is 7.87. The van der Waals surface area contributed by atoms with E-state index in [1.165, 1.54) is 0 Å². The van der Waals surface area contributed by atoms with Gasteiger partial charge in [-0.25, -0.2) is 4.98 Å². The molecule has 0 aliphatic rings. The van der Waals surface area contributed by atoms with Crippen LogP contribution in [-0.4, -0.2) is 34.8 Å². The molecule has 102 valence electrons. The number of hydrogen-bond donors (Lipinski definition) is 2. The van der Waals surface area contributed by atoms with Crippen molar-refractivity contribution in [1.82, 2.24) is 9.97 Å². The number of ether oxygens (including phenoxy) is 1. The predicted molar refractivity (Wildman–Crippen MR) is 71.9 cm³/mol. The summed E-state index contributed by atoms with van der Waals surface area (Å²) in [5, 5.41) is 12.2. The van der Waals surface area contributed by atoms with Gasteiger partial charge in [0.25, 0.3) is 0 Å². The summed E-state index contributed by atoms with van der Waals surface area (Å²) in [6.45, 7) is 7.52. The first-order valence-electron chi connectivity index (χ1n) is 6.49. The molecule has 0 spiro atoms. The van der Waals surface area contributed by atoms with E-state index in [1.54, 1.807) is 0 Å². The van der Waals surface area contributed by atoms with Crippen LogP contribution in [0.2, 0.25) is 0 Å². The highest BCUT2D eigenvalue weighted by atomic mass is 16.5. The number of nitrogens with one attached hydrogen (secondary N) is 1. The third kappa shape index (κ3) is 5.31. The molecule has 2 N–H and O–H groups in total. The van der Waals surface area contributed by atoms with Gasteiger partial charge in [0.15, 0.2) is 0 Å². The van der Waals surface area contributed by atoms with E-state index in [2.05, 4.69) is 15.3 Å². The highest BCUT2D eigenvalue weighted by molar-refractivity contribution is 5.38. The lowest BCUT2D eigenvalue weighted by Gasteiger charge is -2.10. The minimum Gasteiger partial charge on any atom is -0.478 e. The fourth-order valence-electron chi connectivity index (χ4n) is 1.61. The molecule has 0 radical (unpaired) electrons. The average Bonchev–Trinajstić information content (AvgIpc) is 2.34. The first-order valence-corrected chi connectivity index (χ1v) is 6.49. The number of anilines is 1. The molecule has 0 saturated carbocycles. The maximum Gasteiger partial charge on any atom is 0.218 e. The predicted octanol–water partition coefficient (Wildman–Crippen LogP) is 2.00. The van der Waals surface area contributed by atoms with Crippen LogP contribution in [0, 0.1) is 12.8 Å². The fourth-order valence-corrected chi connectivity index (χ4v) is 1.61. The van der Waals surface area contributed by atoms with Crippen LogP contribution in [0.3, 0.4) is 0 Å². The van der Waals surface area contributed by atoms with Crippen molar-refractivity contribution in [2.24, 2.45) is 5.92 Å². The van der Waals surface area contributed by atoms with Crippen LogP contribution >= 0.6 is 0 Å². The summed E-state index contributed by atoms with van der Waals surface area (Å²) in [4.78, 5) is 8.49. The summed E-state index contributed by atoms with van der Waals surface area (Å²) >= 11 is 0. The third-order valence-corrected chi connectivity index (χ3v) is 2.60. The minimum absolute atomic E-state index is 0.251. The number of aliphatic hydroxyl groups excluding tert-OH is 1. The first-order chi connectivity index (χ1) is 8.65. The second-order valence-electron chi connectivity index (χ2n) is 4.43. The Morgan fingerprint density at radius 1 is 1.44 bits per heavy atom. The molecule has 0 amide bonds. The topological polar surface area (TPSA) is 67.3 Å². The Bertz CT molecular complexity index is 358. The summed E-state index contributed by atoms with van der Waals surface area (Å²) in [5.41, 5.74) is 0. The van der Waals surface area contributed by atoms with Crippen molar-refractivity contribution in [1.29, 1.82) is 0 Å². The lowest BCUT2D eigenvalue weighted by Crippen LogP contribution is -2.08. The molecule has 0 aromatic carbocycles. The molecule has 0 fully saturated rings. The van der Waals surface area contributed by atoms with Crippen LogP contribution in [0.15, 0.2) is 6.07 Å². The summed E-state index contributed by atoms with van der Waals surface area (Å²) in [6.07, 6.45) is 2.01. The Labute approximate surface area is 109 Å². The maximum absolute atomic E-state index is 8.93. The molecule has 5 heteroatoms. The highest BCUT2D eigenvalue weighted by Gasteiger charge is 2.03. The monoisotopic (exact) mass is 253 g/mol. The van der Waals surface area contributed by atoms with Gasteiger partial charge in [-0.05, 0) is 32.6 Å². The highest BCUT2D eigenvalue weighted by Crippen LogP contribution is 2.13. The SMILES string of the molecule is CCOc1cc(NCCCC(C)CO)nc(C)n1. The molecule has 1 unspecified atom stereocenters. The Morgan fingerprint density at radius 3 is 2.89 bits per heavy atom. The fraction of sp³-hybridized carbons (Fsp3) is 0.692. The van der Waals surface area contributed by atoms with Crippen LogP contribution < -0.4 is 10.1 Å². The summed E-state index contributed by atoms with van der Waals surface area (Å²) in [6, 6.07) is 1.81. The van der Waals surface area contributed by atoms with E-state index in [0.717, 1.165) is 25.2 Å². The molecular formula is C13H23N3O2. The minimum atomic E-state index is 0.251.